The second-order valence-electron chi connectivity index (χ2n) is 5.80. The van der Waals surface area contributed by atoms with E-state index in [9.17, 15) is 13.2 Å². The third-order valence-corrected chi connectivity index (χ3v) is 6.37. The number of rotatable bonds is 3. The van der Waals surface area contributed by atoms with Crippen LogP contribution in [0.1, 0.15) is 23.2 Å². The van der Waals surface area contributed by atoms with Gasteiger partial charge >= 0.3 is 0 Å². The molecule has 3 rings (SSSR count). The second-order valence-corrected chi connectivity index (χ2v) is 7.97. The number of piperidine rings is 1. The van der Waals surface area contributed by atoms with Gasteiger partial charge in [-0.15, -0.1) is 0 Å². The highest BCUT2D eigenvalue weighted by Gasteiger charge is 2.30. The average molecular weight is 332 g/mol. The van der Waals surface area contributed by atoms with E-state index in [1.807, 2.05) is 42.5 Å². The minimum Gasteiger partial charge on any atom is -0.339 e. The van der Waals surface area contributed by atoms with E-state index in [1.165, 1.54) is 7.05 Å². The predicted octanol–water partition coefficient (Wildman–Crippen LogP) is 1.99. The maximum absolute atomic E-state index is 12.6. The van der Waals surface area contributed by atoms with Gasteiger partial charge in [0.05, 0.1) is 5.25 Å². The van der Waals surface area contributed by atoms with E-state index < -0.39 is 15.3 Å². The highest BCUT2D eigenvalue weighted by molar-refractivity contribution is 7.90. The molecule has 1 saturated heterocycles. The molecule has 2 aromatic rings. The first-order valence-corrected chi connectivity index (χ1v) is 9.26. The fraction of sp³-hybridized carbons (Fsp3) is 0.353. The summed E-state index contributed by atoms with van der Waals surface area (Å²) < 4.78 is 26.0. The normalized spacial score (nSPS) is 16.7. The number of sulfonamides is 1. The third kappa shape index (κ3) is 3.23. The number of amides is 1. The van der Waals surface area contributed by atoms with Gasteiger partial charge in [0.1, 0.15) is 0 Å². The van der Waals surface area contributed by atoms with Gasteiger partial charge in [-0.3, -0.25) is 4.79 Å². The fourth-order valence-electron chi connectivity index (χ4n) is 3.04. The predicted molar refractivity (Wildman–Crippen MR) is 90.9 cm³/mol. The Kier molecular flexibility index (Phi) is 4.37. The van der Waals surface area contributed by atoms with Crippen molar-refractivity contribution in [3.8, 4) is 0 Å². The zero-order chi connectivity index (χ0) is 16.4. The molecule has 0 atom stereocenters. The number of hydrogen-bond donors (Lipinski definition) is 1. The molecular weight excluding hydrogens is 312 g/mol. The lowest BCUT2D eigenvalue weighted by Gasteiger charge is -2.31. The van der Waals surface area contributed by atoms with Gasteiger partial charge in [-0.05, 0) is 42.8 Å². The van der Waals surface area contributed by atoms with Crippen molar-refractivity contribution in [2.75, 3.05) is 20.1 Å². The molecule has 5 nitrogen and oxygen atoms in total. The number of nitrogens with zero attached hydrogens (tertiary/aromatic N) is 1. The number of nitrogens with one attached hydrogen (secondary N) is 1. The zero-order valence-corrected chi connectivity index (χ0v) is 13.8. The molecular formula is C17H20N2O3S. The summed E-state index contributed by atoms with van der Waals surface area (Å²) in [4.78, 5) is 14.4. The topological polar surface area (TPSA) is 66.5 Å². The molecule has 0 aromatic heterocycles. The lowest BCUT2D eigenvalue weighted by molar-refractivity contribution is 0.0725. The number of carbonyl (C=O) groups is 1. The quantitative estimate of drug-likeness (QED) is 0.935. The van der Waals surface area contributed by atoms with Crippen LogP contribution in [0.25, 0.3) is 10.8 Å². The number of likely N-dealkylation sites (tertiary alicyclic amines) is 1. The molecule has 1 aliphatic heterocycles. The fourth-order valence-corrected chi connectivity index (χ4v) is 4.21. The average Bonchev–Trinajstić information content (AvgIpc) is 2.60. The Morgan fingerprint density at radius 2 is 1.74 bits per heavy atom. The lowest BCUT2D eigenvalue weighted by Crippen LogP contribution is -2.44. The van der Waals surface area contributed by atoms with E-state index in [-0.39, 0.29) is 5.91 Å². The van der Waals surface area contributed by atoms with E-state index >= 15 is 0 Å². The summed E-state index contributed by atoms with van der Waals surface area (Å²) in [5.74, 6) is -0.0314. The Morgan fingerprint density at radius 1 is 1.09 bits per heavy atom. The van der Waals surface area contributed by atoms with E-state index in [2.05, 4.69) is 4.72 Å². The first kappa shape index (κ1) is 16.0. The Morgan fingerprint density at radius 3 is 2.39 bits per heavy atom. The van der Waals surface area contributed by atoms with Crippen molar-refractivity contribution < 1.29 is 13.2 Å². The molecule has 1 amide bonds. The molecule has 0 saturated carbocycles. The molecule has 1 heterocycles. The van der Waals surface area contributed by atoms with Crippen molar-refractivity contribution in [2.24, 2.45) is 0 Å². The summed E-state index contributed by atoms with van der Waals surface area (Å²) in [6, 6.07) is 13.6. The standard InChI is InChI=1S/C17H20N2O3S/c1-18-23(21,22)16-8-10-19(11-9-16)17(20)15-7-6-13-4-2-3-5-14(13)12-15/h2-7,12,16,18H,8-11H2,1H3. The van der Waals surface area contributed by atoms with Crippen molar-refractivity contribution in [1.29, 1.82) is 0 Å². The summed E-state index contributed by atoms with van der Waals surface area (Å²) in [5, 5.41) is 1.72. The highest BCUT2D eigenvalue weighted by atomic mass is 32.2. The second kappa shape index (κ2) is 6.29. The number of benzene rings is 2. The summed E-state index contributed by atoms with van der Waals surface area (Å²) in [6.07, 6.45) is 0.949. The van der Waals surface area contributed by atoms with Crippen LogP contribution in [0.5, 0.6) is 0 Å². The van der Waals surface area contributed by atoms with Crippen LogP contribution in [0, 0.1) is 0 Å². The molecule has 0 spiro atoms. The van der Waals surface area contributed by atoms with Crippen molar-refractivity contribution >= 4 is 26.7 Å². The van der Waals surface area contributed by atoms with Crippen LogP contribution >= 0.6 is 0 Å². The van der Waals surface area contributed by atoms with Gasteiger partial charge in [-0.1, -0.05) is 30.3 Å². The highest BCUT2D eigenvalue weighted by Crippen LogP contribution is 2.21. The van der Waals surface area contributed by atoms with Gasteiger partial charge in [0.25, 0.3) is 5.91 Å². The Hall–Kier alpha value is -1.92. The maximum Gasteiger partial charge on any atom is 0.253 e. The van der Waals surface area contributed by atoms with Gasteiger partial charge in [0.2, 0.25) is 10.0 Å². The molecule has 122 valence electrons. The van der Waals surface area contributed by atoms with Crippen LogP contribution in [0.4, 0.5) is 0 Å². The lowest BCUT2D eigenvalue weighted by atomic mass is 10.0. The van der Waals surface area contributed by atoms with Gasteiger partial charge in [-0.2, -0.15) is 0 Å². The van der Waals surface area contributed by atoms with Crippen molar-refractivity contribution in [2.45, 2.75) is 18.1 Å². The van der Waals surface area contributed by atoms with Crippen LogP contribution in [0.15, 0.2) is 42.5 Å². The van der Waals surface area contributed by atoms with Crippen LogP contribution in [0.2, 0.25) is 0 Å². The molecule has 23 heavy (non-hydrogen) atoms. The first-order chi connectivity index (χ1) is 11.0. The van der Waals surface area contributed by atoms with E-state index in [4.69, 9.17) is 0 Å². The van der Waals surface area contributed by atoms with Crippen LogP contribution in [-0.2, 0) is 10.0 Å². The summed E-state index contributed by atoms with van der Waals surface area (Å²) in [6.45, 7) is 0.939. The van der Waals surface area contributed by atoms with Crippen LogP contribution in [0.3, 0.4) is 0 Å². The van der Waals surface area contributed by atoms with Gasteiger partial charge in [0, 0.05) is 18.7 Å². The van der Waals surface area contributed by atoms with E-state index in [0.29, 0.717) is 31.5 Å². The number of hydrogen-bond acceptors (Lipinski definition) is 3. The Bertz CT molecular complexity index is 825. The van der Waals surface area contributed by atoms with Crippen LogP contribution in [-0.4, -0.2) is 44.6 Å². The molecule has 0 radical (unpaired) electrons. The van der Waals surface area contributed by atoms with Crippen LogP contribution < -0.4 is 4.72 Å². The van der Waals surface area contributed by atoms with Gasteiger partial charge in [-0.25, -0.2) is 13.1 Å². The smallest absolute Gasteiger partial charge is 0.253 e. The molecule has 1 aliphatic rings. The molecule has 6 heteroatoms. The van der Waals surface area contributed by atoms with E-state index in [1.54, 1.807) is 4.90 Å². The zero-order valence-electron chi connectivity index (χ0n) is 13.0. The monoisotopic (exact) mass is 332 g/mol. The first-order valence-electron chi connectivity index (χ1n) is 7.72. The molecule has 0 aliphatic carbocycles. The van der Waals surface area contributed by atoms with E-state index in [0.717, 1.165) is 10.8 Å². The number of fused-ring (bicyclic) bond motifs is 1. The minimum absolute atomic E-state index is 0.0314. The molecule has 0 bridgehead atoms. The SMILES string of the molecule is CNS(=O)(=O)C1CCN(C(=O)c2ccc3ccccc3c2)CC1. The van der Waals surface area contributed by atoms with Crippen molar-refractivity contribution in [3.05, 3.63) is 48.0 Å². The Balaban J connectivity index is 1.74. The third-order valence-electron chi connectivity index (χ3n) is 4.45. The summed E-state index contributed by atoms with van der Waals surface area (Å²) >= 11 is 0. The van der Waals surface area contributed by atoms with Gasteiger partial charge < -0.3 is 4.90 Å². The summed E-state index contributed by atoms with van der Waals surface area (Å²) in [7, 11) is -1.82. The molecule has 2 aromatic carbocycles. The minimum atomic E-state index is -3.25. The van der Waals surface area contributed by atoms with Crippen molar-refractivity contribution in [1.82, 2.24) is 9.62 Å². The van der Waals surface area contributed by atoms with Crippen molar-refractivity contribution in [3.63, 3.8) is 0 Å². The summed E-state index contributed by atoms with van der Waals surface area (Å²) in [5.41, 5.74) is 0.652. The largest absolute Gasteiger partial charge is 0.339 e. The number of carbonyl (C=O) groups excluding carboxylic acids is 1. The maximum atomic E-state index is 12.6. The Labute approximate surface area is 136 Å². The molecule has 1 N–H and O–H groups in total. The molecule has 0 unspecified atom stereocenters. The molecule has 1 fully saturated rings. The van der Waals surface area contributed by atoms with Gasteiger partial charge in [0.15, 0.2) is 0 Å².